The molecule has 0 saturated heterocycles. The summed E-state index contributed by atoms with van der Waals surface area (Å²) in [6.07, 6.45) is 8.32. The zero-order valence-electron chi connectivity index (χ0n) is 23.2. The summed E-state index contributed by atoms with van der Waals surface area (Å²) in [5, 5.41) is 16.8. The minimum atomic E-state index is -3.76. The van der Waals surface area contributed by atoms with Crippen molar-refractivity contribution in [2.45, 2.75) is 42.1 Å². The van der Waals surface area contributed by atoms with Gasteiger partial charge in [-0.3, -0.25) is 0 Å². The molecule has 1 aromatic carbocycles. The third kappa shape index (κ3) is 4.99. The molecule has 0 atom stereocenters. The lowest BCUT2D eigenvalue weighted by Crippen LogP contribution is -2.36. The number of nitrogens with zero attached hydrogens (tertiary/aromatic N) is 7. The summed E-state index contributed by atoms with van der Waals surface area (Å²) in [5.41, 5.74) is 14.5. The van der Waals surface area contributed by atoms with Crippen LogP contribution < -0.4 is 11.5 Å². The van der Waals surface area contributed by atoms with Crippen LogP contribution in [0.3, 0.4) is 0 Å². The van der Waals surface area contributed by atoms with Crippen molar-refractivity contribution in [3.05, 3.63) is 60.5 Å². The molecule has 1 saturated carbocycles. The molecule has 42 heavy (non-hydrogen) atoms. The van der Waals surface area contributed by atoms with Crippen molar-refractivity contribution >= 4 is 27.3 Å². The molecule has 6 rings (SSSR count). The van der Waals surface area contributed by atoms with Crippen molar-refractivity contribution in [2.75, 3.05) is 38.0 Å². The fourth-order valence-electron chi connectivity index (χ4n) is 5.58. The van der Waals surface area contributed by atoms with E-state index >= 15 is 0 Å². The number of rotatable bonds is 9. The number of hydrogen-bond donors (Lipinski definition) is 2. The van der Waals surface area contributed by atoms with Crippen molar-refractivity contribution < 1.29 is 22.3 Å². The maximum Gasteiger partial charge on any atom is 0.312 e. The van der Waals surface area contributed by atoms with Gasteiger partial charge in [0.1, 0.15) is 16.3 Å². The van der Waals surface area contributed by atoms with Crippen LogP contribution in [0.5, 0.6) is 0 Å². The molecular weight excluding hydrogens is 562 g/mol. The summed E-state index contributed by atoms with van der Waals surface area (Å²) in [6, 6.07) is 9.65. The van der Waals surface area contributed by atoms with Crippen molar-refractivity contribution in [3.63, 3.8) is 0 Å². The van der Waals surface area contributed by atoms with Gasteiger partial charge in [-0.1, -0.05) is 23.3 Å². The van der Waals surface area contributed by atoms with Crippen molar-refractivity contribution in [2.24, 2.45) is 0 Å². The maximum atomic E-state index is 13.1. The predicted octanol–water partition coefficient (Wildman–Crippen LogP) is 2.75. The van der Waals surface area contributed by atoms with E-state index in [4.69, 9.17) is 30.3 Å². The molecule has 5 aromatic rings. The van der Waals surface area contributed by atoms with E-state index in [9.17, 15) is 8.42 Å². The second-order valence-electron chi connectivity index (χ2n) is 10.3. The molecule has 1 aliphatic carbocycles. The van der Waals surface area contributed by atoms with Gasteiger partial charge in [0, 0.05) is 36.6 Å². The van der Waals surface area contributed by atoms with E-state index < -0.39 is 15.4 Å². The first-order chi connectivity index (χ1) is 20.2. The van der Waals surface area contributed by atoms with E-state index in [2.05, 4.69) is 20.4 Å². The number of aromatic nitrogens is 7. The number of nitrogens with two attached hydrogens (primary N) is 2. The number of anilines is 2. The Morgan fingerprint density at radius 1 is 1.07 bits per heavy atom. The van der Waals surface area contributed by atoms with E-state index in [1.54, 1.807) is 24.2 Å². The van der Waals surface area contributed by atoms with Gasteiger partial charge < -0.3 is 25.4 Å². The zero-order valence-corrected chi connectivity index (χ0v) is 24.0. The van der Waals surface area contributed by atoms with Crippen LogP contribution in [0.2, 0.25) is 0 Å². The number of methoxy groups -OCH3 is 1. The van der Waals surface area contributed by atoms with Gasteiger partial charge in [-0.25, -0.2) is 18.1 Å². The molecule has 0 bridgehead atoms. The highest BCUT2D eigenvalue weighted by molar-refractivity contribution is 7.91. The number of nitrogen functional groups attached to an aromatic ring is 2. The Morgan fingerprint density at radius 2 is 1.83 bits per heavy atom. The highest BCUT2D eigenvalue weighted by Crippen LogP contribution is 2.47. The van der Waals surface area contributed by atoms with Gasteiger partial charge in [0.05, 0.1) is 37.0 Å². The molecule has 220 valence electrons. The number of benzene rings is 1. The van der Waals surface area contributed by atoms with E-state index in [-0.39, 0.29) is 28.5 Å². The van der Waals surface area contributed by atoms with Crippen LogP contribution >= 0.6 is 0 Å². The quantitative estimate of drug-likeness (QED) is 0.238. The van der Waals surface area contributed by atoms with Gasteiger partial charge >= 0.3 is 6.01 Å². The Balaban J connectivity index is 1.39. The Labute approximate surface area is 241 Å². The fraction of sp³-hybridized carbons (Fsp3) is 0.370. The summed E-state index contributed by atoms with van der Waals surface area (Å²) < 4.78 is 46.2. The smallest absolute Gasteiger partial charge is 0.312 e. The molecule has 14 nitrogen and oxygen atoms in total. The zero-order chi connectivity index (χ0) is 29.5. The third-order valence-electron chi connectivity index (χ3n) is 7.62. The molecule has 1 fully saturated rings. The van der Waals surface area contributed by atoms with Gasteiger partial charge in [0.2, 0.25) is 5.89 Å². The van der Waals surface area contributed by atoms with Gasteiger partial charge in [-0.05, 0) is 37.8 Å². The van der Waals surface area contributed by atoms with Crippen molar-refractivity contribution in [3.8, 4) is 16.8 Å². The SMILES string of the molecule is COCCO[C@]1(c2nnc(N)o2)CC[C@H](c2nc3c(-c4cnn(-c5ccccc5)c4)cnn3c(N)c2S(C)(=O)=O)CC1. The van der Waals surface area contributed by atoms with Gasteiger partial charge in [0.25, 0.3) is 0 Å². The highest BCUT2D eigenvalue weighted by Gasteiger charge is 2.44. The minimum Gasteiger partial charge on any atom is -0.405 e. The number of hydrogen-bond acceptors (Lipinski definition) is 12. The Hall–Kier alpha value is -4.34. The first-order valence-electron chi connectivity index (χ1n) is 13.4. The number of para-hydroxylation sites is 1. The molecular formula is C27H31N9O5S. The number of ether oxygens (including phenoxy) is 2. The third-order valence-corrected chi connectivity index (χ3v) is 8.78. The topological polar surface area (TPSA) is 192 Å². The number of fused-ring (bicyclic) bond motifs is 1. The first-order valence-corrected chi connectivity index (χ1v) is 15.3. The van der Waals surface area contributed by atoms with Crippen LogP contribution in [0.25, 0.3) is 22.5 Å². The second kappa shape index (κ2) is 10.8. The molecule has 4 aromatic heterocycles. The summed E-state index contributed by atoms with van der Waals surface area (Å²) in [7, 11) is -2.17. The lowest BCUT2D eigenvalue weighted by molar-refractivity contribution is -0.107. The molecule has 0 aliphatic heterocycles. The molecule has 15 heteroatoms. The molecule has 1 aliphatic rings. The second-order valence-corrected chi connectivity index (χ2v) is 12.3. The molecule has 4 N–H and O–H groups in total. The first kappa shape index (κ1) is 27.8. The Morgan fingerprint density at radius 3 is 2.50 bits per heavy atom. The Bertz CT molecular complexity index is 1820. The van der Waals surface area contributed by atoms with Crippen LogP contribution in [-0.2, 0) is 24.9 Å². The van der Waals surface area contributed by atoms with Crippen molar-refractivity contribution in [1.29, 1.82) is 0 Å². The lowest BCUT2D eigenvalue weighted by Gasteiger charge is -2.37. The highest BCUT2D eigenvalue weighted by atomic mass is 32.2. The standard InChI is InChI=1S/C27H31N9O5S/c1-39-12-13-40-27(25-33-34-26(29)41-25)10-8-17(9-11-27)21-22(42(2,37)38)23(28)36-24(32-21)20(15-31-36)18-14-30-35(16-18)19-6-4-3-5-7-19/h3-7,14-17H,8-13,28H2,1-2H3,(H2,29,34)/t17-,27+. The average molecular weight is 594 g/mol. The lowest BCUT2D eigenvalue weighted by atomic mass is 9.77. The van der Waals surface area contributed by atoms with Crippen LogP contribution in [0.15, 0.2) is 58.2 Å². The van der Waals surface area contributed by atoms with E-state index in [1.807, 2.05) is 36.5 Å². The largest absolute Gasteiger partial charge is 0.405 e. The van der Waals surface area contributed by atoms with Gasteiger partial charge in [0.15, 0.2) is 15.5 Å². The predicted molar refractivity (Wildman–Crippen MR) is 152 cm³/mol. The monoisotopic (exact) mass is 593 g/mol. The van der Waals surface area contributed by atoms with E-state index in [1.165, 1.54) is 4.52 Å². The van der Waals surface area contributed by atoms with Crippen molar-refractivity contribution in [1.82, 2.24) is 34.6 Å². The van der Waals surface area contributed by atoms with E-state index in [0.717, 1.165) is 17.5 Å². The van der Waals surface area contributed by atoms with Crippen LogP contribution in [-0.4, -0.2) is 69.6 Å². The number of sulfone groups is 1. The van der Waals surface area contributed by atoms with Gasteiger partial charge in [-0.2, -0.15) is 14.7 Å². The summed E-state index contributed by atoms with van der Waals surface area (Å²) in [4.78, 5) is 4.89. The normalized spacial score (nSPS) is 19.4. The molecule has 0 amide bonds. The van der Waals surface area contributed by atoms with E-state index in [0.29, 0.717) is 55.8 Å². The molecule has 0 spiro atoms. The summed E-state index contributed by atoms with van der Waals surface area (Å²) >= 11 is 0. The molecule has 4 heterocycles. The molecule has 0 unspecified atom stereocenters. The molecule has 0 radical (unpaired) electrons. The average Bonchev–Trinajstić information content (AvgIpc) is 3.73. The minimum absolute atomic E-state index is 0.0112. The maximum absolute atomic E-state index is 13.1. The van der Waals surface area contributed by atoms with Crippen LogP contribution in [0.1, 0.15) is 43.2 Å². The van der Waals surface area contributed by atoms with Crippen LogP contribution in [0, 0.1) is 0 Å². The summed E-state index contributed by atoms with van der Waals surface area (Å²) in [6.45, 7) is 0.692. The summed E-state index contributed by atoms with van der Waals surface area (Å²) in [5.74, 6) is 0.0580. The van der Waals surface area contributed by atoms with Gasteiger partial charge in [-0.15, -0.1) is 5.10 Å². The van der Waals surface area contributed by atoms with Crippen LogP contribution in [0.4, 0.5) is 11.8 Å². The fourth-order valence-corrected chi connectivity index (χ4v) is 6.64. The Kier molecular flexibility index (Phi) is 7.16.